The number of hydrogen-bond donors (Lipinski definition) is 2. The summed E-state index contributed by atoms with van der Waals surface area (Å²) in [6.07, 6.45) is 6.26. The zero-order chi connectivity index (χ0) is 14.1. The second kappa shape index (κ2) is 5.14. The summed E-state index contributed by atoms with van der Waals surface area (Å²) in [5.41, 5.74) is 3.51. The lowest BCUT2D eigenvalue weighted by Gasteiger charge is -2.10. The minimum Gasteiger partial charge on any atom is -0.356 e. The molecule has 0 unspecified atom stereocenters. The van der Waals surface area contributed by atoms with E-state index < -0.39 is 0 Å². The lowest BCUT2D eigenvalue weighted by molar-refractivity contribution is 0.102. The van der Waals surface area contributed by atoms with Gasteiger partial charge in [0, 0.05) is 11.1 Å². The van der Waals surface area contributed by atoms with Crippen LogP contribution in [-0.2, 0) is 12.8 Å². The van der Waals surface area contributed by atoms with Crippen LogP contribution in [0.4, 0.5) is 5.00 Å². The molecule has 2 heterocycles. The largest absolute Gasteiger partial charge is 0.356 e. The maximum atomic E-state index is 12.2. The van der Waals surface area contributed by atoms with E-state index in [1.54, 1.807) is 23.6 Å². The summed E-state index contributed by atoms with van der Waals surface area (Å²) in [4.78, 5) is 16.4. The van der Waals surface area contributed by atoms with Gasteiger partial charge in [0.05, 0.1) is 10.6 Å². The molecule has 2 aromatic rings. The van der Waals surface area contributed by atoms with Crippen molar-refractivity contribution in [1.29, 1.82) is 5.26 Å². The molecule has 0 saturated carbocycles. The fraction of sp³-hybridized carbons (Fsp3) is 0.333. The molecule has 0 aromatic carbocycles. The number of H-pyrrole nitrogens is 1. The Morgan fingerprint density at radius 2 is 2.25 bits per heavy atom. The number of anilines is 1. The van der Waals surface area contributed by atoms with Crippen molar-refractivity contribution in [2.75, 3.05) is 5.32 Å². The maximum Gasteiger partial charge on any atom is 0.272 e. The first kappa shape index (κ1) is 12.9. The highest BCUT2D eigenvalue weighted by Crippen LogP contribution is 2.37. The predicted octanol–water partition coefficient (Wildman–Crippen LogP) is 3.39. The summed E-state index contributed by atoms with van der Waals surface area (Å²) in [5, 5.41) is 12.7. The number of aryl methyl sites for hydroxylation is 1. The molecule has 4 nitrogen and oxygen atoms in total. The molecule has 1 aliphatic carbocycles. The van der Waals surface area contributed by atoms with Gasteiger partial charge in [-0.1, -0.05) is 0 Å². The van der Waals surface area contributed by atoms with Gasteiger partial charge in [0.2, 0.25) is 0 Å². The molecule has 2 aromatic heterocycles. The Morgan fingerprint density at radius 1 is 1.45 bits per heavy atom. The van der Waals surface area contributed by atoms with Crippen LogP contribution in [0.3, 0.4) is 0 Å². The second-order valence-electron chi connectivity index (χ2n) is 5.03. The van der Waals surface area contributed by atoms with Crippen LogP contribution in [0.5, 0.6) is 0 Å². The number of amides is 1. The highest BCUT2D eigenvalue weighted by Gasteiger charge is 2.19. The van der Waals surface area contributed by atoms with Gasteiger partial charge < -0.3 is 10.3 Å². The van der Waals surface area contributed by atoms with Crippen LogP contribution < -0.4 is 5.32 Å². The standard InChI is InChI=1S/C15H15N3OS/c1-9-11-4-2-3-5-13(11)20-15(9)18-14(19)12-6-10(7-16)8-17-12/h6,8,17H,2-5H2,1H3,(H,18,19). The lowest BCUT2D eigenvalue weighted by Crippen LogP contribution is -2.12. The van der Waals surface area contributed by atoms with E-state index in [4.69, 9.17) is 5.26 Å². The number of thiophene rings is 1. The van der Waals surface area contributed by atoms with Gasteiger partial charge in [-0.05, 0) is 49.8 Å². The number of aromatic amines is 1. The summed E-state index contributed by atoms with van der Waals surface area (Å²) >= 11 is 1.69. The Hall–Kier alpha value is -2.06. The van der Waals surface area contributed by atoms with Gasteiger partial charge in [0.25, 0.3) is 5.91 Å². The molecule has 0 saturated heterocycles. The molecule has 0 fully saturated rings. The van der Waals surface area contributed by atoms with Crippen molar-refractivity contribution in [2.45, 2.75) is 32.6 Å². The number of nitrogens with zero attached hydrogens (tertiary/aromatic N) is 1. The van der Waals surface area contributed by atoms with Crippen LogP contribution in [0.25, 0.3) is 0 Å². The Kier molecular flexibility index (Phi) is 3.33. The highest BCUT2D eigenvalue weighted by molar-refractivity contribution is 7.16. The third-order valence-electron chi connectivity index (χ3n) is 3.72. The van der Waals surface area contributed by atoms with Crippen molar-refractivity contribution < 1.29 is 4.79 Å². The molecule has 5 heteroatoms. The van der Waals surface area contributed by atoms with E-state index in [0.29, 0.717) is 11.3 Å². The molecule has 102 valence electrons. The molecular formula is C15H15N3OS. The summed E-state index contributed by atoms with van der Waals surface area (Å²) in [6.45, 7) is 2.08. The first-order valence-electron chi connectivity index (χ1n) is 6.70. The molecule has 2 N–H and O–H groups in total. The highest BCUT2D eigenvalue weighted by atomic mass is 32.1. The van der Waals surface area contributed by atoms with E-state index in [-0.39, 0.29) is 5.91 Å². The third kappa shape index (κ3) is 2.23. The SMILES string of the molecule is Cc1c(NC(=O)c2cc(C#N)c[nH]2)sc2c1CCCC2. The van der Waals surface area contributed by atoms with Gasteiger partial charge in [-0.2, -0.15) is 5.26 Å². The average Bonchev–Trinajstić information content (AvgIpc) is 3.05. The molecule has 0 spiro atoms. The molecule has 20 heavy (non-hydrogen) atoms. The van der Waals surface area contributed by atoms with E-state index in [0.717, 1.165) is 17.8 Å². The average molecular weight is 285 g/mol. The van der Waals surface area contributed by atoms with Crippen molar-refractivity contribution in [2.24, 2.45) is 0 Å². The number of aromatic nitrogens is 1. The Balaban J connectivity index is 1.83. The van der Waals surface area contributed by atoms with Crippen molar-refractivity contribution in [3.8, 4) is 6.07 Å². The van der Waals surface area contributed by atoms with Crippen LogP contribution in [0.1, 0.15) is 44.9 Å². The molecule has 0 atom stereocenters. The van der Waals surface area contributed by atoms with Crippen molar-refractivity contribution in [1.82, 2.24) is 4.98 Å². The van der Waals surface area contributed by atoms with Crippen LogP contribution in [0.2, 0.25) is 0 Å². The van der Waals surface area contributed by atoms with Crippen molar-refractivity contribution in [3.05, 3.63) is 39.5 Å². The number of nitriles is 1. The van der Waals surface area contributed by atoms with Crippen LogP contribution in [0, 0.1) is 18.3 Å². The summed E-state index contributed by atoms with van der Waals surface area (Å²) in [6, 6.07) is 3.58. The van der Waals surface area contributed by atoms with Gasteiger partial charge >= 0.3 is 0 Å². The van der Waals surface area contributed by atoms with E-state index in [1.807, 2.05) is 6.07 Å². The van der Waals surface area contributed by atoms with Crippen LogP contribution in [-0.4, -0.2) is 10.9 Å². The quantitative estimate of drug-likeness (QED) is 0.888. The molecule has 1 aliphatic rings. The van der Waals surface area contributed by atoms with Gasteiger partial charge in [0.15, 0.2) is 0 Å². The summed E-state index contributed by atoms with van der Waals surface area (Å²) < 4.78 is 0. The number of carbonyl (C=O) groups is 1. The molecule has 0 radical (unpaired) electrons. The molecule has 0 bridgehead atoms. The summed E-state index contributed by atoms with van der Waals surface area (Å²) in [7, 11) is 0. The van der Waals surface area contributed by atoms with E-state index in [9.17, 15) is 4.79 Å². The summed E-state index contributed by atoms with van der Waals surface area (Å²) in [5.74, 6) is -0.187. The maximum absolute atomic E-state index is 12.2. The molecular weight excluding hydrogens is 270 g/mol. The van der Waals surface area contributed by atoms with Gasteiger partial charge in [-0.3, -0.25) is 4.79 Å². The predicted molar refractivity (Wildman–Crippen MR) is 79.2 cm³/mol. The topological polar surface area (TPSA) is 68.7 Å². The minimum atomic E-state index is -0.187. The normalized spacial score (nSPS) is 13.6. The Morgan fingerprint density at radius 3 is 2.95 bits per heavy atom. The van der Waals surface area contributed by atoms with Gasteiger partial charge in [0.1, 0.15) is 11.8 Å². The number of hydrogen-bond acceptors (Lipinski definition) is 3. The second-order valence-corrected chi connectivity index (χ2v) is 6.14. The van der Waals surface area contributed by atoms with Gasteiger partial charge in [-0.25, -0.2) is 0 Å². The number of nitrogens with one attached hydrogen (secondary N) is 2. The monoisotopic (exact) mass is 285 g/mol. The Bertz CT molecular complexity index is 705. The van der Waals surface area contributed by atoms with Crippen LogP contribution >= 0.6 is 11.3 Å². The van der Waals surface area contributed by atoms with Crippen molar-refractivity contribution in [3.63, 3.8) is 0 Å². The lowest BCUT2D eigenvalue weighted by atomic mass is 9.96. The van der Waals surface area contributed by atoms with Crippen LogP contribution in [0.15, 0.2) is 12.3 Å². The van der Waals surface area contributed by atoms with E-state index >= 15 is 0 Å². The zero-order valence-electron chi connectivity index (χ0n) is 11.2. The molecule has 0 aliphatic heterocycles. The number of fused-ring (bicyclic) bond motifs is 1. The molecule has 1 amide bonds. The zero-order valence-corrected chi connectivity index (χ0v) is 12.1. The van der Waals surface area contributed by atoms with E-state index in [1.165, 1.54) is 28.8 Å². The van der Waals surface area contributed by atoms with Gasteiger partial charge in [-0.15, -0.1) is 11.3 Å². The Labute approximate surface area is 121 Å². The minimum absolute atomic E-state index is 0.187. The fourth-order valence-corrected chi connectivity index (χ4v) is 3.89. The molecule has 3 rings (SSSR count). The van der Waals surface area contributed by atoms with E-state index in [2.05, 4.69) is 17.2 Å². The first-order chi connectivity index (χ1) is 9.69. The fourth-order valence-electron chi connectivity index (χ4n) is 2.60. The third-order valence-corrected chi connectivity index (χ3v) is 5.03. The number of rotatable bonds is 2. The van der Waals surface area contributed by atoms with Crippen molar-refractivity contribution >= 4 is 22.2 Å². The first-order valence-corrected chi connectivity index (χ1v) is 7.51. The smallest absolute Gasteiger partial charge is 0.272 e. The number of carbonyl (C=O) groups excluding carboxylic acids is 1.